The van der Waals surface area contributed by atoms with Gasteiger partial charge in [0, 0.05) is 11.6 Å². The highest BCUT2D eigenvalue weighted by Crippen LogP contribution is 2.34. The largest absolute Gasteiger partial charge is 0.379 e. The summed E-state index contributed by atoms with van der Waals surface area (Å²) in [5, 5.41) is 3.83. The van der Waals surface area contributed by atoms with Crippen molar-refractivity contribution in [3.63, 3.8) is 0 Å². The molecule has 1 aliphatic rings. The lowest BCUT2D eigenvalue weighted by molar-refractivity contribution is 0.169. The fourth-order valence-electron chi connectivity index (χ4n) is 2.17. The number of nitrogens with zero attached hydrogens (tertiary/aromatic N) is 2. The van der Waals surface area contributed by atoms with Crippen LogP contribution in [0.5, 0.6) is 0 Å². The second-order valence-electron chi connectivity index (χ2n) is 5.19. The molecule has 0 spiro atoms. The summed E-state index contributed by atoms with van der Waals surface area (Å²) in [7, 11) is 0. The van der Waals surface area contributed by atoms with Crippen LogP contribution in [0.25, 0.3) is 11.4 Å². The Morgan fingerprint density at radius 3 is 2.86 bits per heavy atom. The Morgan fingerprint density at radius 1 is 1.43 bits per heavy atom. The van der Waals surface area contributed by atoms with Crippen molar-refractivity contribution < 1.29 is 18.0 Å². The molecule has 0 bridgehead atoms. The van der Waals surface area contributed by atoms with E-state index in [-0.39, 0.29) is 16.3 Å². The van der Waals surface area contributed by atoms with Crippen molar-refractivity contribution in [3.05, 3.63) is 34.1 Å². The average Bonchev–Trinajstić information content (AvgIpc) is 3.06. The molecule has 1 aromatic heterocycles. The molecule has 0 saturated carbocycles. The highest BCUT2D eigenvalue weighted by molar-refractivity contribution is 9.10. The van der Waals surface area contributed by atoms with Gasteiger partial charge in [-0.15, -0.1) is 0 Å². The van der Waals surface area contributed by atoms with E-state index >= 15 is 0 Å². The third kappa shape index (κ3) is 2.27. The molecule has 112 valence electrons. The predicted molar refractivity (Wildman–Crippen MR) is 73.5 cm³/mol. The van der Waals surface area contributed by atoms with Gasteiger partial charge in [-0.05, 0) is 35.0 Å². The number of nitrogens with two attached hydrogens (primary N) is 1. The maximum Gasteiger partial charge on any atom is 0.236 e. The van der Waals surface area contributed by atoms with Crippen molar-refractivity contribution in [2.75, 3.05) is 13.2 Å². The number of halogens is 3. The molecule has 2 heterocycles. The lowest BCUT2D eigenvalue weighted by Crippen LogP contribution is -2.42. The number of ether oxygens (including phenoxy) is 1. The molecule has 2 unspecified atom stereocenters. The van der Waals surface area contributed by atoms with Gasteiger partial charge in [-0.3, -0.25) is 0 Å². The van der Waals surface area contributed by atoms with Crippen LogP contribution < -0.4 is 5.73 Å². The molecular formula is C13H12BrF2N3O2. The van der Waals surface area contributed by atoms with Crippen LogP contribution >= 0.6 is 15.9 Å². The second-order valence-corrected chi connectivity index (χ2v) is 5.98. The number of rotatable bonds is 2. The second kappa shape index (κ2) is 5.11. The monoisotopic (exact) mass is 359 g/mol. The van der Waals surface area contributed by atoms with E-state index in [0.717, 1.165) is 6.07 Å². The first kappa shape index (κ1) is 14.6. The van der Waals surface area contributed by atoms with Gasteiger partial charge < -0.3 is 15.0 Å². The average molecular weight is 360 g/mol. The van der Waals surface area contributed by atoms with E-state index in [1.165, 1.54) is 6.07 Å². The number of hydrogen-bond donors (Lipinski definition) is 1. The summed E-state index contributed by atoms with van der Waals surface area (Å²) < 4.78 is 37.2. The summed E-state index contributed by atoms with van der Waals surface area (Å²) in [5.41, 5.74) is 5.71. The van der Waals surface area contributed by atoms with Gasteiger partial charge in [0.25, 0.3) is 0 Å². The minimum absolute atomic E-state index is 0.0491. The van der Waals surface area contributed by atoms with Crippen LogP contribution in [0.4, 0.5) is 8.78 Å². The van der Waals surface area contributed by atoms with Crippen LogP contribution in [-0.4, -0.2) is 29.4 Å². The molecule has 21 heavy (non-hydrogen) atoms. The molecule has 3 rings (SSSR count). The lowest BCUT2D eigenvalue weighted by Gasteiger charge is -2.21. The van der Waals surface area contributed by atoms with Gasteiger partial charge in [-0.1, -0.05) is 5.16 Å². The maximum atomic E-state index is 13.6. The van der Waals surface area contributed by atoms with Gasteiger partial charge >= 0.3 is 0 Å². The molecule has 1 saturated heterocycles. The molecule has 8 heteroatoms. The molecule has 1 fully saturated rings. The number of aromatic nitrogens is 2. The Morgan fingerprint density at radius 2 is 2.19 bits per heavy atom. The van der Waals surface area contributed by atoms with Crippen molar-refractivity contribution in [2.24, 2.45) is 5.73 Å². The smallest absolute Gasteiger partial charge is 0.236 e. The van der Waals surface area contributed by atoms with E-state index in [1.54, 1.807) is 0 Å². The zero-order chi connectivity index (χ0) is 15.2. The summed E-state index contributed by atoms with van der Waals surface area (Å²) in [5.74, 6) is -1.46. The first-order valence-electron chi connectivity index (χ1n) is 6.25. The molecule has 0 radical (unpaired) electrons. The Kier molecular flexibility index (Phi) is 3.54. The standard InChI is InChI=1S/C13H12BrF2N3O2/c1-13(5-20-4-8(13)17)12-18-11(19-21-12)6-2-3-7(15)10(16)9(6)14/h2-3,8H,4-5,17H2,1H3. The van der Waals surface area contributed by atoms with Gasteiger partial charge in [0.1, 0.15) is 0 Å². The molecular weight excluding hydrogens is 348 g/mol. The van der Waals surface area contributed by atoms with Gasteiger partial charge in [-0.25, -0.2) is 8.78 Å². The lowest BCUT2D eigenvalue weighted by atomic mass is 9.86. The molecule has 5 nitrogen and oxygen atoms in total. The molecule has 0 amide bonds. The molecule has 2 atom stereocenters. The minimum atomic E-state index is -0.994. The fraction of sp³-hybridized carbons (Fsp3) is 0.385. The zero-order valence-electron chi connectivity index (χ0n) is 11.1. The fourth-order valence-corrected chi connectivity index (χ4v) is 2.67. The quantitative estimate of drug-likeness (QED) is 0.833. The van der Waals surface area contributed by atoms with Crippen molar-refractivity contribution >= 4 is 15.9 Å². The highest BCUT2D eigenvalue weighted by Gasteiger charge is 2.44. The predicted octanol–water partition coefficient (Wildman–Crippen LogP) is 2.39. The normalized spacial score (nSPS) is 25.5. The highest BCUT2D eigenvalue weighted by atomic mass is 79.9. The van der Waals surface area contributed by atoms with Crippen molar-refractivity contribution in [2.45, 2.75) is 18.4 Å². The Hall–Kier alpha value is -1.38. The van der Waals surface area contributed by atoms with Crippen LogP contribution in [0.3, 0.4) is 0 Å². The first-order chi connectivity index (χ1) is 9.93. The molecule has 0 aliphatic carbocycles. The van der Waals surface area contributed by atoms with Gasteiger partial charge in [0.05, 0.1) is 23.1 Å². The van der Waals surface area contributed by atoms with Gasteiger partial charge in [0.2, 0.25) is 11.7 Å². The van der Waals surface area contributed by atoms with Crippen LogP contribution in [0.2, 0.25) is 0 Å². The van der Waals surface area contributed by atoms with Crippen molar-refractivity contribution in [1.29, 1.82) is 0 Å². The Bertz CT molecular complexity index is 694. The van der Waals surface area contributed by atoms with Crippen LogP contribution in [0.15, 0.2) is 21.1 Å². The van der Waals surface area contributed by atoms with Gasteiger partial charge in [0.15, 0.2) is 11.6 Å². The Balaban J connectivity index is 2.01. The van der Waals surface area contributed by atoms with Crippen LogP contribution in [-0.2, 0) is 10.2 Å². The summed E-state index contributed by atoms with van der Waals surface area (Å²) in [6, 6.07) is 2.13. The van der Waals surface area contributed by atoms with Crippen molar-refractivity contribution in [1.82, 2.24) is 10.1 Å². The number of hydrogen-bond acceptors (Lipinski definition) is 5. The summed E-state index contributed by atoms with van der Waals surface area (Å²) in [4.78, 5) is 4.26. The van der Waals surface area contributed by atoms with Crippen LogP contribution in [0, 0.1) is 11.6 Å². The van der Waals surface area contributed by atoms with Crippen molar-refractivity contribution in [3.8, 4) is 11.4 Å². The van der Waals surface area contributed by atoms with E-state index in [0.29, 0.717) is 24.7 Å². The van der Waals surface area contributed by atoms with E-state index in [9.17, 15) is 8.78 Å². The molecule has 2 N–H and O–H groups in total. The van der Waals surface area contributed by atoms with E-state index in [4.69, 9.17) is 15.0 Å². The minimum Gasteiger partial charge on any atom is -0.379 e. The third-order valence-corrected chi connectivity index (χ3v) is 4.48. The number of benzene rings is 1. The SMILES string of the molecule is CC1(c2nc(-c3ccc(F)c(F)c3Br)no2)COCC1N. The van der Waals surface area contributed by atoms with Crippen LogP contribution in [0.1, 0.15) is 12.8 Å². The topological polar surface area (TPSA) is 74.2 Å². The van der Waals surface area contributed by atoms with E-state index < -0.39 is 17.0 Å². The maximum absolute atomic E-state index is 13.6. The summed E-state index contributed by atoms with van der Waals surface area (Å²) >= 11 is 3.00. The first-order valence-corrected chi connectivity index (χ1v) is 7.04. The summed E-state index contributed by atoms with van der Waals surface area (Å²) in [6.45, 7) is 2.64. The summed E-state index contributed by atoms with van der Waals surface area (Å²) in [6.07, 6.45) is 0. The third-order valence-electron chi connectivity index (χ3n) is 3.71. The van der Waals surface area contributed by atoms with E-state index in [1.807, 2.05) is 6.92 Å². The van der Waals surface area contributed by atoms with E-state index in [2.05, 4.69) is 26.1 Å². The molecule has 1 aliphatic heterocycles. The molecule has 2 aromatic rings. The Labute approximate surface area is 127 Å². The van der Waals surface area contributed by atoms with Gasteiger partial charge in [-0.2, -0.15) is 4.98 Å². The molecule has 1 aromatic carbocycles. The zero-order valence-corrected chi connectivity index (χ0v) is 12.7.